The third-order valence-corrected chi connectivity index (χ3v) is 3.94. The molecule has 0 saturated carbocycles. The molecule has 0 aromatic heterocycles. The molecule has 2 N–H and O–H groups in total. The molecule has 20 heavy (non-hydrogen) atoms. The zero-order valence-corrected chi connectivity index (χ0v) is 12.1. The van der Waals surface area contributed by atoms with E-state index in [1.807, 2.05) is 18.2 Å². The number of carboxylic acids is 1. The first-order valence-corrected chi connectivity index (χ1v) is 6.99. The predicted molar refractivity (Wildman–Crippen MR) is 78.7 cm³/mol. The van der Waals surface area contributed by atoms with Gasteiger partial charge in [0.15, 0.2) is 0 Å². The fraction of sp³-hybridized carbons (Fsp3) is 0.533. The lowest BCUT2D eigenvalue weighted by Gasteiger charge is -2.41. The van der Waals surface area contributed by atoms with Crippen molar-refractivity contribution in [3.8, 4) is 0 Å². The number of aliphatic carboxylic acids is 1. The van der Waals surface area contributed by atoms with Crippen LogP contribution < -0.4 is 5.32 Å². The molecule has 2 atom stereocenters. The Bertz CT molecular complexity index is 438. The minimum atomic E-state index is -0.793. The van der Waals surface area contributed by atoms with Gasteiger partial charge in [-0.15, -0.1) is 0 Å². The van der Waals surface area contributed by atoms with E-state index in [-0.39, 0.29) is 6.04 Å². The van der Waals surface area contributed by atoms with E-state index in [1.54, 1.807) is 7.05 Å². The fourth-order valence-electron chi connectivity index (χ4n) is 2.69. The van der Waals surface area contributed by atoms with Crippen molar-refractivity contribution in [2.45, 2.75) is 12.1 Å². The van der Waals surface area contributed by atoms with Crippen LogP contribution in [-0.4, -0.2) is 67.2 Å². The van der Waals surface area contributed by atoms with E-state index in [9.17, 15) is 9.90 Å². The van der Waals surface area contributed by atoms with Crippen LogP contribution in [0.3, 0.4) is 0 Å². The first-order chi connectivity index (χ1) is 9.61. The molecular weight excluding hydrogens is 254 g/mol. The van der Waals surface area contributed by atoms with Crippen molar-refractivity contribution >= 4 is 5.97 Å². The lowest BCUT2D eigenvalue weighted by Crippen LogP contribution is -2.52. The van der Waals surface area contributed by atoms with Crippen molar-refractivity contribution in [2.24, 2.45) is 0 Å². The van der Waals surface area contributed by atoms with E-state index in [0.29, 0.717) is 6.54 Å². The van der Waals surface area contributed by atoms with Crippen LogP contribution in [0, 0.1) is 0 Å². The molecule has 1 aromatic rings. The highest BCUT2D eigenvalue weighted by Crippen LogP contribution is 2.24. The molecule has 0 amide bonds. The fourth-order valence-corrected chi connectivity index (χ4v) is 2.69. The number of rotatable bonds is 5. The summed E-state index contributed by atoms with van der Waals surface area (Å²) < 4.78 is 0. The third kappa shape index (κ3) is 3.56. The van der Waals surface area contributed by atoms with Gasteiger partial charge in [-0.1, -0.05) is 30.3 Å². The normalized spacial score (nSPS) is 22.6. The van der Waals surface area contributed by atoms with Crippen LogP contribution in [0.1, 0.15) is 11.6 Å². The summed E-state index contributed by atoms with van der Waals surface area (Å²) in [7, 11) is 3.81. The average Bonchev–Trinajstić information content (AvgIpc) is 2.46. The number of piperazine rings is 1. The second kappa shape index (κ2) is 6.83. The van der Waals surface area contributed by atoms with Gasteiger partial charge in [0.25, 0.3) is 0 Å². The number of hydrogen-bond donors (Lipinski definition) is 2. The first kappa shape index (κ1) is 15.0. The molecule has 1 aromatic carbocycles. The summed E-state index contributed by atoms with van der Waals surface area (Å²) >= 11 is 0. The number of nitrogens with one attached hydrogen (secondary N) is 1. The topological polar surface area (TPSA) is 55.8 Å². The summed E-state index contributed by atoms with van der Waals surface area (Å²) in [5.41, 5.74) is 1.25. The Labute approximate surface area is 120 Å². The van der Waals surface area contributed by atoms with E-state index in [2.05, 4.69) is 34.3 Å². The van der Waals surface area contributed by atoms with Crippen LogP contribution in [0.2, 0.25) is 0 Å². The molecule has 0 aliphatic carbocycles. The van der Waals surface area contributed by atoms with E-state index >= 15 is 0 Å². The zero-order valence-electron chi connectivity index (χ0n) is 12.1. The van der Waals surface area contributed by atoms with Gasteiger partial charge < -0.3 is 15.3 Å². The Morgan fingerprint density at radius 1 is 1.40 bits per heavy atom. The van der Waals surface area contributed by atoms with Gasteiger partial charge in [0, 0.05) is 32.2 Å². The van der Waals surface area contributed by atoms with E-state index < -0.39 is 12.0 Å². The number of benzene rings is 1. The van der Waals surface area contributed by atoms with Crippen molar-refractivity contribution in [1.82, 2.24) is 15.1 Å². The number of nitrogens with zero attached hydrogens (tertiary/aromatic N) is 2. The summed E-state index contributed by atoms with van der Waals surface area (Å²) in [6.45, 7) is 3.32. The van der Waals surface area contributed by atoms with Gasteiger partial charge in [0.2, 0.25) is 0 Å². The molecule has 1 aliphatic heterocycles. The lowest BCUT2D eigenvalue weighted by atomic mass is 10.0. The van der Waals surface area contributed by atoms with Gasteiger partial charge in [-0.25, -0.2) is 0 Å². The summed E-state index contributed by atoms with van der Waals surface area (Å²) in [5, 5.41) is 12.1. The predicted octanol–water partition coefficient (Wildman–Crippen LogP) is 0.648. The van der Waals surface area contributed by atoms with Crippen LogP contribution in [-0.2, 0) is 4.79 Å². The quantitative estimate of drug-likeness (QED) is 0.827. The van der Waals surface area contributed by atoms with Crippen molar-refractivity contribution < 1.29 is 9.90 Å². The molecule has 2 rings (SSSR count). The summed E-state index contributed by atoms with van der Waals surface area (Å²) in [6, 6.07) is 10.0. The van der Waals surface area contributed by atoms with Gasteiger partial charge in [-0.2, -0.15) is 0 Å². The van der Waals surface area contributed by atoms with Crippen molar-refractivity contribution in [2.75, 3.05) is 40.3 Å². The molecule has 110 valence electrons. The highest BCUT2D eigenvalue weighted by Gasteiger charge is 2.29. The Morgan fingerprint density at radius 3 is 2.70 bits per heavy atom. The van der Waals surface area contributed by atoms with Crippen molar-refractivity contribution in [3.63, 3.8) is 0 Å². The molecule has 0 bridgehead atoms. The molecule has 5 nitrogen and oxygen atoms in total. The summed E-state index contributed by atoms with van der Waals surface area (Å²) in [4.78, 5) is 15.8. The lowest BCUT2D eigenvalue weighted by molar-refractivity contribution is -0.140. The smallest absolute Gasteiger partial charge is 0.322 e. The average molecular weight is 277 g/mol. The Morgan fingerprint density at radius 2 is 2.10 bits per heavy atom. The maximum Gasteiger partial charge on any atom is 0.322 e. The van der Waals surface area contributed by atoms with Crippen molar-refractivity contribution in [3.05, 3.63) is 35.9 Å². The second-order valence-corrected chi connectivity index (χ2v) is 5.36. The van der Waals surface area contributed by atoms with Crippen LogP contribution >= 0.6 is 0 Å². The standard InChI is InChI=1S/C15H23N3O2/c1-16-13(15(19)20)10-18-9-8-17(2)11-14(18)12-6-4-3-5-7-12/h3-7,13-14,16H,8-11H2,1-2H3,(H,19,20). The molecule has 1 aliphatic rings. The minimum absolute atomic E-state index is 0.255. The summed E-state index contributed by atoms with van der Waals surface area (Å²) in [5.74, 6) is -0.793. The molecule has 0 spiro atoms. The summed E-state index contributed by atoms with van der Waals surface area (Å²) in [6.07, 6.45) is 0. The third-order valence-electron chi connectivity index (χ3n) is 3.94. The van der Waals surface area contributed by atoms with Gasteiger partial charge in [-0.05, 0) is 19.7 Å². The number of likely N-dealkylation sites (N-methyl/N-ethyl adjacent to an activating group) is 2. The van der Waals surface area contributed by atoms with Gasteiger partial charge in [0.1, 0.15) is 6.04 Å². The Kier molecular flexibility index (Phi) is 5.11. The Hall–Kier alpha value is -1.43. The van der Waals surface area contributed by atoms with E-state index in [1.165, 1.54) is 5.56 Å². The van der Waals surface area contributed by atoms with Gasteiger partial charge in [-0.3, -0.25) is 9.69 Å². The van der Waals surface area contributed by atoms with Crippen LogP contribution in [0.4, 0.5) is 0 Å². The van der Waals surface area contributed by atoms with Crippen molar-refractivity contribution in [1.29, 1.82) is 0 Å². The van der Waals surface area contributed by atoms with E-state index in [0.717, 1.165) is 19.6 Å². The SMILES string of the molecule is CNC(CN1CCN(C)CC1c1ccccc1)C(=O)O. The van der Waals surface area contributed by atoms with Gasteiger partial charge >= 0.3 is 5.97 Å². The largest absolute Gasteiger partial charge is 0.480 e. The number of carboxylic acid groups (broad SMARTS) is 1. The Balaban J connectivity index is 2.14. The molecular formula is C15H23N3O2. The highest BCUT2D eigenvalue weighted by molar-refractivity contribution is 5.73. The maximum atomic E-state index is 11.2. The molecule has 0 radical (unpaired) electrons. The minimum Gasteiger partial charge on any atom is -0.480 e. The molecule has 5 heteroatoms. The maximum absolute atomic E-state index is 11.2. The monoisotopic (exact) mass is 277 g/mol. The highest BCUT2D eigenvalue weighted by atomic mass is 16.4. The number of carbonyl (C=O) groups is 1. The number of hydrogen-bond acceptors (Lipinski definition) is 4. The molecule has 1 fully saturated rings. The molecule has 1 heterocycles. The van der Waals surface area contributed by atoms with Gasteiger partial charge in [0.05, 0.1) is 0 Å². The molecule has 2 unspecified atom stereocenters. The first-order valence-electron chi connectivity index (χ1n) is 6.99. The van der Waals surface area contributed by atoms with E-state index in [4.69, 9.17) is 0 Å². The van der Waals surface area contributed by atoms with Crippen LogP contribution in [0.5, 0.6) is 0 Å². The second-order valence-electron chi connectivity index (χ2n) is 5.36. The van der Waals surface area contributed by atoms with Crippen LogP contribution in [0.25, 0.3) is 0 Å². The zero-order chi connectivity index (χ0) is 14.5. The van der Waals surface area contributed by atoms with Crippen LogP contribution in [0.15, 0.2) is 30.3 Å². The molecule has 1 saturated heterocycles.